The van der Waals surface area contributed by atoms with E-state index in [9.17, 15) is 0 Å². The second-order valence-corrected chi connectivity index (χ2v) is 4.07. The van der Waals surface area contributed by atoms with E-state index in [1.165, 1.54) is 11.8 Å². The van der Waals surface area contributed by atoms with Crippen LogP contribution in [0.5, 0.6) is 0 Å². The smallest absolute Gasteiger partial charge is 0.281 e. The number of nitrogens with zero attached hydrogens (tertiary/aromatic N) is 3. The van der Waals surface area contributed by atoms with Crippen molar-refractivity contribution < 1.29 is 4.42 Å². The number of nitrogen functional groups attached to an aromatic ring is 1. The van der Waals surface area contributed by atoms with Crippen molar-refractivity contribution in [2.75, 3.05) is 5.73 Å². The Balaban J connectivity index is 2.26. The molecule has 0 aliphatic rings. The zero-order valence-electron chi connectivity index (χ0n) is 8.47. The molecule has 0 bridgehead atoms. The van der Waals surface area contributed by atoms with Gasteiger partial charge in [-0.2, -0.15) is 5.26 Å². The third kappa shape index (κ3) is 2.15. The number of benzene rings is 1. The highest BCUT2D eigenvalue weighted by Crippen LogP contribution is 2.28. The molecule has 0 atom stereocenters. The van der Waals surface area contributed by atoms with E-state index in [0.717, 1.165) is 4.90 Å². The summed E-state index contributed by atoms with van der Waals surface area (Å²) < 4.78 is 5.22. The SMILES string of the molecule is Cc1nnc(Sc2ccc(N)c(C#N)c2)o1. The molecule has 0 amide bonds. The highest BCUT2D eigenvalue weighted by Gasteiger charge is 2.06. The van der Waals surface area contributed by atoms with Crippen LogP contribution >= 0.6 is 11.8 Å². The van der Waals surface area contributed by atoms with Crippen molar-refractivity contribution in [1.29, 1.82) is 5.26 Å². The molecule has 0 saturated carbocycles. The van der Waals surface area contributed by atoms with Gasteiger partial charge in [-0.15, -0.1) is 10.2 Å². The lowest BCUT2D eigenvalue weighted by Crippen LogP contribution is -1.89. The lowest BCUT2D eigenvalue weighted by atomic mass is 10.2. The molecule has 2 aromatic rings. The Morgan fingerprint density at radius 2 is 2.25 bits per heavy atom. The largest absolute Gasteiger partial charge is 0.416 e. The normalized spacial score (nSPS) is 10.0. The second kappa shape index (κ2) is 4.24. The minimum atomic E-state index is 0.446. The van der Waals surface area contributed by atoms with Crippen LogP contribution in [-0.4, -0.2) is 10.2 Å². The summed E-state index contributed by atoms with van der Waals surface area (Å²) in [4.78, 5) is 0.842. The van der Waals surface area contributed by atoms with E-state index in [2.05, 4.69) is 10.2 Å². The van der Waals surface area contributed by atoms with Crippen LogP contribution in [0.2, 0.25) is 0 Å². The van der Waals surface area contributed by atoms with E-state index in [1.807, 2.05) is 6.07 Å². The monoisotopic (exact) mass is 232 g/mol. The van der Waals surface area contributed by atoms with Gasteiger partial charge in [-0.05, 0) is 30.0 Å². The fourth-order valence-corrected chi connectivity index (χ4v) is 1.87. The van der Waals surface area contributed by atoms with E-state index >= 15 is 0 Å². The molecule has 0 fully saturated rings. The topological polar surface area (TPSA) is 88.7 Å². The van der Waals surface area contributed by atoms with Crippen molar-refractivity contribution in [2.24, 2.45) is 0 Å². The maximum Gasteiger partial charge on any atom is 0.281 e. The Morgan fingerprint density at radius 1 is 1.44 bits per heavy atom. The molecule has 2 rings (SSSR count). The first-order valence-corrected chi connectivity index (χ1v) is 5.28. The van der Waals surface area contributed by atoms with E-state index in [1.54, 1.807) is 25.1 Å². The molecular weight excluding hydrogens is 224 g/mol. The number of nitrogens with two attached hydrogens (primary N) is 1. The van der Waals surface area contributed by atoms with Gasteiger partial charge in [0.25, 0.3) is 5.22 Å². The Bertz CT molecular complexity index is 558. The van der Waals surface area contributed by atoms with E-state index in [4.69, 9.17) is 15.4 Å². The van der Waals surface area contributed by atoms with Gasteiger partial charge in [0.2, 0.25) is 5.89 Å². The average Bonchev–Trinajstić information content (AvgIpc) is 2.67. The van der Waals surface area contributed by atoms with Gasteiger partial charge in [0.15, 0.2) is 0 Å². The van der Waals surface area contributed by atoms with Crippen LogP contribution < -0.4 is 5.73 Å². The molecule has 2 N–H and O–H groups in total. The zero-order chi connectivity index (χ0) is 11.5. The molecule has 0 aliphatic heterocycles. The van der Waals surface area contributed by atoms with Crippen molar-refractivity contribution in [3.63, 3.8) is 0 Å². The fourth-order valence-electron chi connectivity index (χ4n) is 1.12. The summed E-state index contributed by atoms with van der Waals surface area (Å²) in [5, 5.41) is 16.8. The van der Waals surface area contributed by atoms with Gasteiger partial charge in [-0.25, -0.2) is 0 Å². The van der Waals surface area contributed by atoms with Crippen molar-refractivity contribution in [3.8, 4) is 6.07 Å². The number of rotatable bonds is 2. The fraction of sp³-hybridized carbons (Fsp3) is 0.100. The zero-order valence-corrected chi connectivity index (χ0v) is 9.28. The number of anilines is 1. The highest BCUT2D eigenvalue weighted by molar-refractivity contribution is 7.99. The Hall–Kier alpha value is -2.00. The van der Waals surface area contributed by atoms with Gasteiger partial charge in [-0.3, -0.25) is 0 Å². The third-order valence-corrected chi connectivity index (χ3v) is 2.69. The lowest BCUT2D eigenvalue weighted by molar-refractivity contribution is 0.429. The van der Waals surface area contributed by atoms with Gasteiger partial charge >= 0.3 is 0 Å². The summed E-state index contributed by atoms with van der Waals surface area (Å²) in [6, 6.07) is 7.21. The molecule has 1 aromatic heterocycles. The van der Waals surface area contributed by atoms with E-state index < -0.39 is 0 Å². The number of nitriles is 1. The van der Waals surface area contributed by atoms with Crippen LogP contribution in [0, 0.1) is 18.3 Å². The first kappa shape index (κ1) is 10.5. The number of hydrogen-bond donors (Lipinski definition) is 1. The minimum Gasteiger partial charge on any atom is -0.416 e. The molecule has 0 unspecified atom stereocenters. The van der Waals surface area contributed by atoms with E-state index in [0.29, 0.717) is 22.4 Å². The lowest BCUT2D eigenvalue weighted by Gasteiger charge is -1.99. The summed E-state index contributed by atoms with van der Waals surface area (Å²) in [5.41, 5.74) is 6.53. The Labute approximate surface area is 96.3 Å². The van der Waals surface area contributed by atoms with Gasteiger partial charge in [0.1, 0.15) is 6.07 Å². The molecule has 0 aliphatic carbocycles. The molecule has 16 heavy (non-hydrogen) atoms. The van der Waals surface area contributed by atoms with Crippen LogP contribution in [-0.2, 0) is 0 Å². The molecule has 5 nitrogen and oxygen atoms in total. The highest BCUT2D eigenvalue weighted by atomic mass is 32.2. The molecule has 0 radical (unpaired) electrons. The maximum atomic E-state index is 8.82. The van der Waals surface area contributed by atoms with Gasteiger partial charge in [-0.1, -0.05) is 0 Å². The van der Waals surface area contributed by atoms with Crippen molar-refractivity contribution in [1.82, 2.24) is 10.2 Å². The summed E-state index contributed by atoms with van der Waals surface area (Å²) in [5.74, 6) is 0.512. The maximum absolute atomic E-state index is 8.82. The Morgan fingerprint density at radius 3 is 2.88 bits per heavy atom. The van der Waals surface area contributed by atoms with Crippen LogP contribution in [0.15, 0.2) is 32.7 Å². The van der Waals surface area contributed by atoms with Gasteiger partial charge in [0.05, 0.1) is 5.56 Å². The molecule has 1 heterocycles. The number of aryl methyl sites for hydroxylation is 1. The summed E-state index contributed by atoms with van der Waals surface area (Å²) in [7, 11) is 0. The van der Waals surface area contributed by atoms with Crippen LogP contribution in [0.3, 0.4) is 0 Å². The molecule has 6 heteroatoms. The predicted molar refractivity (Wildman–Crippen MR) is 58.7 cm³/mol. The van der Waals surface area contributed by atoms with Gasteiger partial charge < -0.3 is 10.2 Å². The molecule has 1 aromatic carbocycles. The average molecular weight is 232 g/mol. The van der Waals surface area contributed by atoms with Crippen molar-refractivity contribution in [2.45, 2.75) is 17.0 Å². The standard InChI is InChI=1S/C10H8N4OS/c1-6-13-14-10(15-6)16-8-2-3-9(12)7(4-8)5-11/h2-4H,12H2,1H3. The second-order valence-electron chi connectivity index (χ2n) is 3.05. The summed E-state index contributed by atoms with van der Waals surface area (Å²) in [6.07, 6.45) is 0. The number of hydrogen-bond acceptors (Lipinski definition) is 6. The van der Waals surface area contributed by atoms with Crippen LogP contribution in [0.25, 0.3) is 0 Å². The first-order chi connectivity index (χ1) is 7.69. The number of aromatic nitrogens is 2. The first-order valence-electron chi connectivity index (χ1n) is 4.46. The molecule has 0 spiro atoms. The predicted octanol–water partition coefficient (Wildman–Crippen LogP) is 1.98. The van der Waals surface area contributed by atoms with E-state index in [-0.39, 0.29) is 0 Å². The van der Waals surface area contributed by atoms with Gasteiger partial charge in [0, 0.05) is 17.5 Å². The third-order valence-electron chi connectivity index (χ3n) is 1.86. The summed E-state index contributed by atoms with van der Waals surface area (Å²) in [6.45, 7) is 1.72. The van der Waals surface area contributed by atoms with Crippen LogP contribution in [0.4, 0.5) is 5.69 Å². The quantitative estimate of drug-likeness (QED) is 0.796. The van der Waals surface area contributed by atoms with Crippen molar-refractivity contribution in [3.05, 3.63) is 29.7 Å². The van der Waals surface area contributed by atoms with Crippen LogP contribution in [0.1, 0.15) is 11.5 Å². The molecular formula is C10H8N4OS. The van der Waals surface area contributed by atoms with Crippen molar-refractivity contribution >= 4 is 17.4 Å². The minimum absolute atomic E-state index is 0.446. The molecule has 0 saturated heterocycles. The molecule has 80 valence electrons. The Kier molecular flexibility index (Phi) is 2.79. The summed E-state index contributed by atoms with van der Waals surface area (Å²) >= 11 is 1.30.